The second-order valence-corrected chi connectivity index (χ2v) is 7.55. The van der Waals surface area contributed by atoms with E-state index in [0.717, 1.165) is 48.8 Å². The first-order chi connectivity index (χ1) is 12.8. The van der Waals surface area contributed by atoms with Gasteiger partial charge in [-0.15, -0.1) is 24.0 Å². The van der Waals surface area contributed by atoms with Crippen molar-refractivity contribution in [2.45, 2.75) is 51.2 Å². The van der Waals surface area contributed by atoms with Gasteiger partial charge in [0.2, 0.25) is 0 Å². The molecule has 0 aromatic heterocycles. The molecular formula is C20H34IN3O2S. The first-order valence-corrected chi connectivity index (χ1v) is 10.9. The molecule has 2 rings (SSSR count). The molecule has 1 fully saturated rings. The van der Waals surface area contributed by atoms with Gasteiger partial charge in [-0.2, -0.15) is 11.8 Å². The SMILES string of the molecule is CN=C(NCCCCSC)NCc1ccc(OC2CCCC2)c(OC)c1.I. The molecule has 1 aromatic rings. The van der Waals surface area contributed by atoms with Crippen LogP contribution in [0.15, 0.2) is 23.2 Å². The number of halogens is 1. The molecule has 5 nitrogen and oxygen atoms in total. The van der Waals surface area contributed by atoms with Gasteiger partial charge in [-0.05, 0) is 68.2 Å². The largest absolute Gasteiger partial charge is 0.493 e. The summed E-state index contributed by atoms with van der Waals surface area (Å²) in [6.45, 7) is 1.64. The summed E-state index contributed by atoms with van der Waals surface area (Å²) in [6.07, 6.45) is 9.68. The summed E-state index contributed by atoms with van der Waals surface area (Å²) in [7, 11) is 3.50. The third-order valence-corrected chi connectivity index (χ3v) is 5.27. The van der Waals surface area contributed by atoms with Gasteiger partial charge in [0.25, 0.3) is 0 Å². The van der Waals surface area contributed by atoms with Crippen molar-refractivity contribution in [3.05, 3.63) is 23.8 Å². The average Bonchev–Trinajstić information content (AvgIpc) is 3.18. The fourth-order valence-electron chi connectivity index (χ4n) is 3.09. The number of unbranched alkanes of at least 4 members (excludes halogenated alkanes) is 1. The minimum absolute atomic E-state index is 0. The summed E-state index contributed by atoms with van der Waals surface area (Å²) in [5.41, 5.74) is 1.14. The number of hydrogen-bond donors (Lipinski definition) is 2. The van der Waals surface area contributed by atoms with Crippen LogP contribution < -0.4 is 20.1 Å². The van der Waals surface area contributed by atoms with Crippen molar-refractivity contribution in [2.75, 3.05) is 32.7 Å². The lowest BCUT2D eigenvalue weighted by Crippen LogP contribution is -2.37. The third-order valence-electron chi connectivity index (χ3n) is 4.58. The Bertz CT molecular complexity index is 566. The lowest BCUT2D eigenvalue weighted by Gasteiger charge is -2.17. The number of hydrogen-bond acceptors (Lipinski definition) is 4. The summed E-state index contributed by atoms with van der Waals surface area (Å²) >= 11 is 1.89. The highest BCUT2D eigenvalue weighted by atomic mass is 127. The number of thioether (sulfide) groups is 1. The van der Waals surface area contributed by atoms with Gasteiger partial charge in [0.05, 0.1) is 13.2 Å². The number of benzene rings is 1. The van der Waals surface area contributed by atoms with Crippen molar-refractivity contribution in [3.8, 4) is 11.5 Å². The topological polar surface area (TPSA) is 54.9 Å². The molecule has 0 unspecified atom stereocenters. The van der Waals surface area contributed by atoms with Crippen LogP contribution in [0.25, 0.3) is 0 Å². The molecule has 27 heavy (non-hydrogen) atoms. The van der Waals surface area contributed by atoms with Crippen LogP contribution in [0.2, 0.25) is 0 Å². The van der Waals surface area contributed by atoms with Crippen molar-refractivity contribution >= 4 is 41.7 Å². The lowest BCUT2D eigenvalue weighted by molar-refractivity contribution is 0.200. The van der Waals surface area contributed by atoms with Crippen LogP contribution in [0.3, 0.4) is 0 Å². The summed E-state index contributed by atoms with van der Waals surface area (Å²) in [5, 5.41) is 6.72. The zero-order valence-corrected chi connectivity index (χ0v) is 19.9. The molecule has 1 aliphatic rings. The minimum Gasteiger partial charge on any atom is -0.493 e. The molecule has 1 aromatic carbocycles. The Morgan fingerprint density at radius 3 is 2.63 bits per heavy atom. The smallest absolute Gasteiger partial charge is 0.191 e. The molecule has 0 atom stereocenters. The first-order valence-electron chi connectivity index (χ1n) is 9.54. The zero-order chi connectivity index (χ0) is 18.6. The van der Waals surface area contributed by atoms with Gasteiger partial charge in [-0.25, -0.2) is 0 Å². The maximum absolute atomic E-state index is 6.10. The quantitative estimate of drug-likeness (QED) is 0.212. The van der Waals surface area contributed by atoms with Crippen molar-refractivity contribution in [1.29, 1.82) is 0 Å². The standard InChI is InChI=1S/C20H33N3O2S.HI/c1-21-20(22-12-6-7-13-26-3)23-15-16-10-11-18(19(14-16)24-2)25-17-8-4-5-9-17;/h10-11,14,17H,4-9,12-13,15H2,1-3H3,(H2,21,22,23);1H. The van der Waals surface area contributed by atoms with Crippen molar-refractivity contribution < 1.29 is 9.47 Å². The maximum atomic E-state index is 6.10. The van der Waals surface area contributed by atoms with E-state index < -0.39 is 0 Å². The zero-order valence-electron chi connectivity index (χ0n) is 16.8. The monoisotopic (exact) mass is 507 g/mol. The van der Waals surface area contributed by atoms with Crippen LogP contribution >= 0.6 is 35.7 Å². The highest BCUT2D eigenvalue weighted by molar-refractivity contribution is 14.0. The highest BCUT2D eigenvalue weighted by Crippen LogP contribution is 2.32. The number of nitrogens with zero attached hydrogens (tertiary/aromatic N) is 1. The number of methoxy groups -OCH3 is 1. The molecule has 0 spiro atoms. The molecule has 0 bridgehead atoms. The molecule has 7 heteroatoms. The Morgan fingerprint density at radius 1 is 1.19 bits per heavy atom. The lowest BCUT2D eigenvalue weighted by atomic mass is 10.2. The van der Waals surface area contributed by atoms with Crippen LogP contribution in [-0.2, 0) is 6.54 Å². The van der Waals surface area contributed by atoms with Gasteiger partial charge in [0.15, 0.2) is 17.5 Å². The summed E-state index contributed by atoms with van der Waals surface area (Å²) in [5.74, 6) is 3.69. The van der Waals surface area contributed by atoms with Gasteiger partial charge in [0.1, 0.15) is 0 Å². The summed E-state index contributed by atoms with van der Waals surface area (Å²) in [4.78, 5) is 4.28. The Hall–Kier alpha value is -0.830. The fraction of sp³-hybridized carbons (Fsp3) is 0.650. The van der Waals surface area contributed by atoms with Gasteiger partial charge in [-0.3, -0.25) is 4.99 Å². The van der Waals surface area contributed by atoms with Gasteiger partial charge < -0.3 is 20.1 Å². The van der Waals surface area contributed by atoms with Crippen LogP contribution in [-0.4, -0.2) is 44.8 Å². The molecular weight excluding hydrogens is 473 g/mol. The van der Waals surface area contributed by atoms with E-state index in [1.165, 1.54) is 25.0 Å². The Balaban J connectivity index is 0.00000364. The van der Waals surface area contributed by atoms with E-state index in [2.05, 4.69) is 27.9 Å². The number of rotatable bonds is 10. The predicted molar refractivity (Wildman–Crippen MR) is 127 cm³/mol. The van der Waals surface area contributed by atoms with Crippen LogP contribution in [0.4, 0.5) is 0 Å². The normalized spacial score (nSPS) is 14.6. The first kappa shape index (κ1) is 24.2. The van der Waals surface area contributed by atoms with Gasteiger partial charge >= 0.3 is 0 Å². The highest BCUT2D eigenvalue weighted by Gasteiger charge is 2.18. The molecule has 0 saturated heterocycles. The molecule has 2 N–H and O–H groups in total. The number of ether oxygens (including phenoxy) is 2. The van der Waals surface area contributed by atoms with Gasteiger partial charge in [0, 0.05) is 20.1 Å². The third kappa shape index (κ3) is 8.81. The van der Waals surface area contributed by atoms with Crippen LogP contribution in [0.5, 0.6) is 11.5 Å². The van der Waals surface area contributed by atoms with Crippen molar-refractivity contribution in [1.82, 2.24) is 10.6 Å². The van der Waals surface area contributed by atoms with E-state index in [4.69, 9.17) is 9.47 Å². The van der Waals surface area contributed by atoms with Crippen molar-refractivity contribution in [3.63, 3.8) is 0 Å². The van der Waals surface area contributed by atoms with Crippen LogP contribution in [0.1, 0.15) is 44.1 Å². The fourth-order valence-corrected chi connectivity index (χ4v) is 3.58. The van der Waals surface area contributed by atoms with E-state index in [1.807, 2.05) is 23.9 Å². The van der Waals surface area contributed by atoms with E-state index >= 15 is 0 Å². The molecule has 0 amide bonds. The van der Waals surface area contributed by atoms with E-state index in [-0.39, 0.29) is 24.0 Å². The second kappa shape index (κ2) is 14.2. The number of guanidine groups is 1. The molecule has 0 heterocycles. The molecule has 1 saturated carbocycles. The summed E-state index contributed by atoms with van der Waals surface area (Å²) < 4.78 is 11.6. The van der Waals surface area contributed by atoms with E-state index in [1.54, 1.807) is 14.2 Å². The minimum atomic E-state index is 0. The molecule has 154 valence electrons. The second-order valence-electron chi connectivity index (χ2n) is 6.56. The predicted octanol–water partition coefficient (Wildman–Crippen LogP) is 4.44. The van der Waals surface area contributed by atoms with Crippen LogP contribution in [0, 0.1) is 0 Å². The Labute approximate surface area is 185 Å². The molecule has 0 radical (unpaired) electrons. The Kier molecular flexibility index (Phi) is 12.7. The average molecular weight is 507 g/mol. The Morgan fingerprint density at radius 2 is 1.96 bits per heavy atom. The number of aliphatic imine (C=N–C) groups is 1. The van der Waals surface area contributed by atoms with Gasteiger partial charge in [-0.1, -0.05) is 6.07 Å². The number of nitrogens with one attached hydrogen (secondary N) is 2. The van der Waals surface area contributed by atoms with E-state index in [9.17, 15) is 0 Å². The summed E-state index contributed by atoms with van der Waals surface area (Å²) in [6, 6.07) is 6.15. The van der Waals surface area contributed by atoms with E-state index in [0.29, 0.717) is 12.6 Å². The van der Waals surface area contributed by atoms with Crippen molar-refractivity contribution in [2.24, 2.45) is 4.99 Å². The maximum Gasteiger partial charge on any atom is 0.191 e. The molecule has 1 aliphatic carbocycles. The molecule has 0 aliphatic heterocycles.